The van der Waals surface area contributed by atoms with Crippen molar-refractivity contribution in [1.29, 1.82) is 0 Å². The number of hydrogen-bond donors (Lipinski definition) is 1. The molecular weight excluding hydrogens is 204 g/mol. The molecule has 16 heavy (non-hydrogen) atoms. The second-order valence-electron chi connectivity index (χ2n) is 5.26. The minimum atomic E-state index is -0.294. The largest absolute Gasteiger partial charge is 0.378 e. The van der Waals surface area contributed by atoms with E-state index in [0.29, 0.717) is 6.61 Å². The quantitative estimate of drug-likeness (QED) is 0.669. The van der Waals surface area contributed by atoms with E-state index in [-0.39, 0.29) is 11.3 Å². The Morgan fingerprint density at radius 3 is 2.62 bits per heavy atom. The normalized spacial score (nSPS) is 20.6. The molecule has 0 aromatic rings. The molecule has 1 saturated heterocycles. The van der Waals surface area contributed by atoms with Crippen molar-refractivity contribution in [3.63, 3.8) is 0 Å². The second-order valence-corrected chi connectivity index (χ2v) is 5.26. The molecule has 0 aromatic carbocycles. The van der Waals surface area contributed by atoms with Crippen molar-refractivity contribution >= 4 is 5.91 Å². The van der Waals surface area contributed by atoms with Crippen molar-refractivity contribution in [2.45, 2.75) is 27.2 Å². The zero-order valence-corrected chi connectivity index (χ0v) is 10.7. The van der Waals surface area contributed by atoms with Gasteiger partial charge in [-0.25, -0.2) is 0 Å². The molecule has 0 atom stereocenters. The van der Waals surface area contributed by atoms with Crippen molar-refractivity contribution in [3.05, 3.63) is 0 Å². The summed E-state index contributed by atoms with van der Waals surface area (Å²) in [5.41, 5.74) is -0.294. The van der Waals surface area contributed by atoms with E-state index in [4.69, 9.17) is 4.74 Å². The molecule has 0 aliphatic carbocycles. The zero-order valence-electron chi connectivity index (χ0n) is 10.7. The third-order valence-electron chi connectivity index (χ3n) is 2.64. The Morgan fingerprint density at radius 1 is 1.19 bits per heavy atom. The van der Waals surface area contributed by atoms with Crippen molar-refractivity contribution in [2.75, 3.05) is 39.4 Å². The molecule has 0 unspecified atom stereocenters. The van der Waals surface area contributed by atoms with Crippen LogP contribution in [-0.4, -0.2) is 50.2 Å². The van der Waals surface area contributed by atoms with Crippen LogP contribution in [0.5, 0.6) is 0 Å². The Kier molecular flexibility index (Phi) is 5.22. The molecule has 1 aliphatic rings. The van der Waals surface area contributed by atoms with E-state index in [9.17, 15) is 4.79 Å². The maximum Gasteiger partial charge on any atom is 0.228 e. The highest BCUT2D eigenvalue weighted by Crippen LogP contribution is 2.17. The Bertz CT molecular complexity index is 214. The van der Waals surface area contributed by atoms with Gasteiger partial charge in [0.15, 0.2) is 0 Å². The van der Waals surface area contributed by atoms with Crippen LogP contribution in [0.3, 0.4) is 0 Å². The number of nitrogens with one attached hydrogen (secondary N) is 1. The van der Waals surface area contributed by atoms with Gasteiger partial charge in [-0.15, -0.1) is 0 Å². The second kappa shape index (κ2) is 6.21. The van der Waals surface area contributed by atoms with Crippen molar-refractivity contribution in [2.24, 2.45) is 5.41 Å². The lowest BCUT2D eigenvalue weighted by Gasteiger charge is -2.30. The Hall–Kier alpha value is -0.610. The smallest absolute Gasteiger partial charge is 0.228 e. The fourth-order valence-electron chi connectivity index (χ4n) is 1.73. The summed E-state index contributed by atoms with van der Waals surface area (Å²) in [6.07, 6.45) is 1.02. The molecule has 94 valence electrons. The van der Waals surface area contributed by atoms with E-state index in [2.05, 4.69) is 5.32 Å². The first kappa shape index (κ1) is 13.5. The molecule has 1 fully saturated rings. The Morgan fingerprint density at radius 2 is 1.94 bits per heavy atom. The number of hydrogen-bond acceptors (Lipinski definition) is 3. The van der Waals surface area contributed by atoms with Crippen LogP contribution in [-0.2, 0) is 9.53 Å². The first-order valence-corrected chi connectivity index (χ1v) is 6.09. The molecular formula is C12H24N2O2. The molecule has 4 nitrogen and oxygen atoms in total. The highest BCUT2D eigenvalue weighted by atomic mass is 16.5. The summed E-state index contributed by atoms with van der Waals surface area (Å²) in [5.74, 6) is 0.219. The molecule has 0 radical (unpaired) electrons. The summed E-state index contributed by atoms with van der Waals surface area (Å²) in [7, 11) is 0. The predicted octanol–water partition coefficient (Wildman–Crippen LogP) is 0.871. The molecule has 0 bridgehead atoms. The molecule has 1 heterocycles. The molecule has 4 heteroatoms. The molecule has 1 rings (SSSR count). The zero-order chi connectivity index (χ0) is 12.0. The molecule has 0 saturated carbocycles. The van der Waals surface area contributed by atoms with Gasteiger partial charge in [0, 0.05) is 25.0 Å². The van der Waals surface area contributed by atoms with E-state index >= 15 is 0 Å². The Balaban J connectivity index is 2.50. The van der Waals surface area contributed by atoms with Gasteiger partial charge in [0.1, 0.15) is 0 Å². The fraction of sp³-hybridized carbons (Fsp3) is 0.917. The van der Waals surface area contributed by atoms with Crippen LogP contribution in [0.25, 0.3) is 0 Å². The summed E-state index contributed by atoms with van der Waals surface area (Å²) >= 11 is 0. The first-order valence-electron chi connectivity index (χ1n) is 6.09. The minimum Gasteiger partial charge on any atom is -0.378 e. The lowest BCUT2D eigenvalue weighted by atomic mass is 9.94. The van der Waals surface area contributed by atoms with Gasteiger partial charge < -0.3 is 15.0 Å². The number of rotatable bonds is 0. The van der Waals surface area contributed by atoms with E-state index < -0.39 is 0 Å². The summed E-state index contributed by atoms with van der Waals surface area (Å²) in [6, 6.07) is 0. The highest BCUT2D eigenvalue weighted by Gasteiger charge is 2.26. The number of carbonyl (C=O) groups is 1. The van der Waals surface area contributed by atoms with Crippen molar-refractivity contribution in [3.8, 4) is 0 Å². The molecule has 1 N–H and O–H groups in total. The summed E-state index contributed by atoms with van der Waals surface area (Å²) in [4.78, 5) is 14.1. The average Bonchev–Trinajstić information content (AvgIpc) is 2.23. The van der Waals surface area contributed by atoms with E-state index in [1.54, 1.807) is 0 Å². The number of ether oxygens (including phenoxy) is 1. The van der Waals surface area contributed by atoms with Gasteiger partial charge in [-0.1, -0.05) is 20.8 Å². The highest BCUT2D eigenvalue weighted by molar-refractivity contribution is 5.81. The lowest BCUT2D eigenvalue weighted by Crippen LogP contribution is -2.43. The van der Waals surface area contributed by atoms with Gasteiger partial charge >= 0.3 is 0 Å². The SMILES string of the molecule is CC(C)(C)C(=O)N1CCCNCCOCC1. The maximum absolute atomic E-state index is 12.1. The van der Waals surface area contributed by atoms with Crippen LogP contribution in [0.1, 0.15) is 27.2 Å². The van der Waals surface area contributed by atoms with E-state index in [0.717, 1.165) is 39.2 Å². The van der Waals surface area contributed by atoms with Gasteiger partial charge in [0.05, 0.1) is 13.2 Å². The van der Waals surface area contributed by atoms with Crippen molar-refractivity contribution in [1.82, 2.24) is 10.2 Å². The van der Waals surface area contributed by atoms with Gasteiger partial charge in [-0.2, -0.15) is 0 Å². The van der Waals surface area contributed by atoms with Crippen molar-refractivity contribution < 1.29 is 9.53 Å². The van der Waals surface area contributed by atoms with Gasteiger partial charge in [-0.05, 0) is 13.0 Å². The predicted molar refractivity (Wildman–Crippen MR) is 64.3 cm³/mol. The fourth-order valence-corrected chi connectivity index (χ4v) is 1.73. The summed E-state index contributed by atoms with van der Waals surface area (Å²) < 4.78 is 5.45. The molecule has 0 spiro atoms. The van der Waals surface area contributed by atoms with Crippen LogP contribution in [0.2, 0.25) is 0 Å². The lowest BCUT2D eigenvalue weighted by molar-refractivity contribution is -0.140. The molecule has 1 aliphatic heterocycles. The standard InChI is InChI=1S/C12H24N2O2/c1-12(2,3)11(15)14-7-4-5-13-6-9-16-10-8-14/h13H,4-10H2,1-3H3. The van der Waals surface area contributed by atoms with E-state index in [1.165, 1.54) is 0 Å². The molecule has 0 aromatic heterocycles. The van der Waals surface area contributed by atoms with Crippen LogP contribution in [0.15, 0.2) is 0 Å². The maximum atomic E-state index is 12.1. The number of nitrogens with zero attached hydrogens (tertiary/aromatic N) is 1. The Labute approximate surface area is 98.3 Å². The molecule has 1 amide bonds. The van der Waals surface area contributed by atoms with Crippen LogP contribution in [0, 0.1) is 5.41 Å². The van der Waals surface area contributed by atoms with Gasteiger partial charge in [0.2, 0.25) is 5.91 Å². The third kappa shape index (κ3) is 4.49. The van der Waals surface area contributed by atoms with Gasteiger partial charge in [-0.3, -0.25) is 4.79 Å². The topological polar surface area (TPSA) is 41.6 Å². The van der Waals surface area contributed by atoms with Crippen LogP contribution < -0.4 is 5.32 Å². The monoisotopic (exact) mass is 228 g/mol. The van der Waals surface area contributed by atoms with Crippen LogP contribution >= 0.6 is 0 Å². The van der Waals surface area contributed by atoms with Gasteiger partial charge in [0.25, 0.3) is 0 Å². The van der Waals surface area contributed by atoms with E-state index in [1.807, 2.05) is 25.7 Å². The first-order chi connectivity index (χ1) is 7.52. The number of carbonyl (C=O) groups excluding carboxylic acids is 1. The van der Waals surface area contributed by atoms with Crippen LogP contribution in [0.4, 0.5) is 0 Å². The average molecular weight is 228 g/mol. The third-order valence-corrected chi connectivity index (χ3v) is 2.64. The number of amides is 1. The minimum absolute atomic E-state index is 0.219. The summed E-state index contributed by atoms with van der Waals surface area (Å²) in [6.45, 7) is 10.7. The summed E-state index contributed by atoms with van der Waals surface area (Å²) in [5, 5.41) is 3.29.